The fourth-order valence-corrected chi connectivity index (χ4v) is 3.15. The molecule has 0 saturated carbocycles. The molecule has 0 atom stereocenters. The highest BCUT2D eigenvalue weighted by Gasteiger charge is 2.19. The monoisotopic (exact) mass is 360 g/mol. The lowest BCUT2D eigenvalue weighted by Crippen LogP contribution is -2.30. The van der Waals surface area contributed by atoms with Crippen LogP contribution < -0.4 is 14.8 Å². The number of hydrogen-bond donors (Lipinski definition) is 1. The van der Waals surface area contributed by atoms with Gasteiger partial charge in [-0.05, 0) is 42.8 Å². The number of likely N-dealkylation sites (N-methyl/N-ethyl adjacent to an activating group) is 1. The molecular formula is C19H21ClN2O3. The number of ether oxygens (including phenoxy) is 2. The number of rotatable bonds is 6. The van der Waals surface area contributed by atoms with Gasteiger partial charge < -0.3 is 14.8 Å². The van der Waals surface area contributed by atoms with Crippen LogP contribution in [0, 0.1) is 0 Å². The fourth-order valence-electron chi connectivity index (χ4n) is 2.87. The molecule has 2 aromatic carbocycles. The molecule has 5 nitrogen and oxygen atoms in total. The van der Waals surface area contributed by atoms with Crippen LogP contribution in [0.15, 0.2) is 36.4 Å². The van der Waals surface area contributed by atoms with E-state index in [-0.39, 0.29) is 19.2 Å². The van der Waals surface area contributed by atoms with Crippen molar-refractivity contribution in [2.45, 2.75) is 19.9 Å². The van der Waals surface area contributed by atoms with Crippen molar-refractivity contribution < 1.29 is 14.3 Å². The minimum absolute atomic E-state index is 0.0461. The number of nitrogens with zero attached hydrogens (tertiary/aromatic N) is 1. The Bertz CT molecular complexity index is 779. The number of carbonyl (C=O) groups excluding carboxylic acids is 1. The van der Waals surface area contributed by atoms with E-state index in [1.54, 1.807) is 0 Å². The molecule has 1 heterocycles. The molecule has 0 aromatic heterocycles. The first-order valence-electron chi connectivity index (χ1n) is 8.21. The smallest absolute Gasteiger partial charge is 0.238 e. The number of benzene rings is 2. The third kappa shape index (κ3) is 4.24. The summed E-state index contributed by atoms with van der Waals surface area (Å²) in [6.45, 7) is 3.12. The third-order valence-electron chi connectivity index (χ3n) is 4.03. The molecule has 132 valence electrons. The first kappa shape index (κ1) is 17.6. The maximum absolute atomic E-state index is 12.3. The molecule has 1 N–H and O–H groups in total. The normalized spacial score (nSPS) is 12.5. The highest BCUT2D eigenvalue weighted by molar-refractivity contribution is 6.32. The molecule has 0 fully saturated rings. The quantitative estimate of drug-likeness (QED) is 0.853. The second-order valence-electron chi connectivity index (χ2n) is 6.04. The summed E-state index contributed by atoms with van der Waals surface area (Å²) >= 11 is 6.20. The number of fused-ring (bicyclic) bond motifs is 1. The van der Waals surface area contributed by atoms with E-state index < -0.39 is 0 Å². The van der Waals surface area contributed by atoms with E-state index in [9.17, 15) is 4.79 Å². The SMILES string of the molecule is CCc1ccccc1NC(=O)CN(C)Cc1cc(Cl)c2c(c1)OCO2. The van der Waals surface area contributed by atoms with Crippen LogP contribution in [0.1, 0.15) is 18.1 Å². The molecule has 2 aromatic rings. The number of nitrogens with one attached hydrogen (secondary N) is 1. The molecule has 0 aliphatic carbocycles. The lowest BCUT2D eigenvalue weighted by molar-refractivity contribution is -0.117. The zero-order chi connectivity index (χ0) is 17.8. The van der Waals surface area contributed by atoms with Gasteiger partial charge >= 0.3 is 0 Å². The average molecular weight is 361 g/mol. The summed E-state index contributed by atoms with van der Waals surface area (Å²) in [6, 6.07) is 11.6. The highest BCUT2D eigenvalue weighted by Crippen LogP contribution is 2.39. The summed E-state index contributed by atoms with van der Waals surface area (Å²) in [6.07, 6.45) is 0.877. The first-order chi connectivity index (χ1) is 12.1. The van der Waals surface area contributed by atoms with Crippen LogP contribution in [-0.2, 0) is 17.8 Å². The van der Waals surface area contributed by atoms with Crippen LogP contribution in [0.3, 0.4) is 0 Å². The van der Waals surface area contributed by atoms with Gasteiger partial charge in [-0.15, -0.1) is 0 Å². The Balaban J connectivity index is 1.60. The maximum Gasteiger partial charge on any atom is 0.238 e. The molecule has 6 heteroatoms. The molecule has 1 amide bonds. The molecule has 0 spiro atoms. The number of anilines is 1. The van der Waals surface area contributed by atoms with E-state index >= 15 is 0 Å². The van der Waals surface area contributed by atoms with Gasteiger partial charge in [0.25, 0.3) is 0 Å². The molecule has 3 rings (SSSR count). The van der Waals surface area contributed by atoms with Crippen molar-refractivity contribution in [1.82, 2.24) is 4.90 Å². The van der Waals surface area contributed by atoms with Crippen molar-refractivity contribution in [2.75, 3.05) is 25.7 Å². The van der Waals surface area contributed by atoms with E-state index in [0.717, 1.165) is 23.2 Å². The van der Waals surface area contributed by atoms with E-state index in [1.807, 2.05) is 48.3 Å². The number of halogens is 1. The van der Waals surface area contributed by atoms with Crippen molar-refractivity contribution in [1.29, 1.82) is 0 Å². The Morgan fingerprint density at radius 1 is 1.28 bits per heavy atom. The van der Waals surface area contributed by atoms with Gasteiger partial charge in [0, 0.05) is 12.2 Å². The molecule has 0 saturated heterocycles. The number of aryl methyl sites for hydroxylation is 1. The highest BCUT2D eigenvalue weighted by atomic mass is 35.5. The lowest BCUT2D eigenvalue weighted by Gasteiger charge is -2.17. The summed E-state index contributed by atoms with van der Waals surface area (Å²) in [5, 5.41) is 3.51. The number of carbonyl (C=O) groups is 1. The molecule has 0 radical (unpaired) electrons. The summed E-state index contributed by atoms with van der Waals surface area (Å²) < 4.78 is 10.7. The zero-order valence-corrected chi connectivity index (χ0v) is 15.1. The Morgan fingerprint density at radius 2 is 2.08 bits per heavy atom. The molecule has 1 aliphatic heterocycles. The average Bonchev–Trinajstić information content (AvgIpc) is 3.04. The van der Waals surface area contributed by atoms with Crippen LogP contribution in [0.2, 0.25) is 5.02 Å². The van der Waals surface area contributed by atoms with E-state index in [2.05, 4.69) is 12.2 Å². The summed E-state index contributed by atoms with van der Waals surface area (Å²) in [4.78, 5) is 14.2. The minimum atomic E-state index is -0.0461. The van der Waals surface area contributed by atoms with Crippen molar-refractivity contribution in [2.24, 2.45) is 0 Å². The van der Waals surface area contributed by atoms with Crippen LogP contribution in [0.4, 0.5) is 5.69 Å². The Hall–Kier alpha value is -2.24. The zero-order valence-electron chi connectivity index (χ0n) is 14.3. The predicted molar refractivity (Wildman–Crippen MR) is 98.4 cm³/mol. The summed E-state index contributed by atoms with van der Waals surface area (Å²) in [7, 11) is 1.89. The molecule has 0 unspecified atom stereocenters. The van der Waals surface area contributed by atoms with Crippen molar-refractivity contribution >= 4 is 23.2 Å². The lowest BCUT2D eigenvalue weighted by atomic mass is 10.1. The van der Waals surface area contributed by atoms with Gasteiger partial charge in [-0.2, -0.15) is 0 Å². The van der Waals surface area contributed by atoms with Gasteiger partial charge in [-0.1, -0.05) is 36.7 Å². The predicted octanol–water partition coefficient (Wildman–Crippen LogP) is 3.70. The summed E-state index contributed by atoms with van der Waals surface area (Å²) in [5.74, 6) is 1.19. The Labute approximate surface area is 152 Å². The van der Waals surface area contributed by atoms with Gasteiger partial charge in [0.1, 0.15) is 0 Å². The summed E-state index contributed by atoms with van der Waals surface area (Å²) in [5.41, 5.74) is 2.97. The molecular weight excluding hydrogens is 340 g/mol. The first-order valence-corrected chi connectivity index (χ1v) is 8.59. The van der Waals surface area contributed by atoms with Gasteiger partial charge in [0.05, 0.1) is 11.6 Å². The number of amides is 1. The van der Waals surface area contributed by atoms with Crippen LogP contribution in [0.25, 0.3) is 0 Å². The molecule has 0 bridgehead atoms. The van der Waals surface area contributed by atoms with Crippen molar-refractivity contribution in [3.05, 3.63) is 52.5 Å². The standard InChI is InChI=1S/C19H21ClN2O3/c1-3-14-6-4-5-7-16(14)21-18(23)11-22(2)10-13-8-15(20)19-17(9-13)24-12-25-19/h4-9H,3,10-12H2,1-2H3,(H,21,23). The second-order valence-corrected chi connectivity index (χ2v) is 6.45. The van der Waals surface area contributed by atoms with Gasteiger partial charge in [-0.25, -0.2) is 0 Å². The van der Waals surface area contributed by atoms with E-state index in [1.165, 1.54) is 0 Å². The minimum Gasteiger partial charge on any atom is -0.454 e. The molecule has 25 heavy (non-hydrogen) atoms. The van der Waals surface area contributed by atoms with E-state index in [4.69, 9.17) is 21.1 Å². The van der Waals surface area contributed by atoms with Crippen molar-refractivity contribution in [3.63, 3.8) is 0 Å². The number of para-hydroxylation sites is 1. The van der Waals surface area contributed by atoms with Crippen molar-refractivity contribution in [3.8, 4) is 11.5 Å². The largest absolute Gasteiger partial charge is 0.454 e. The van der Waals surface area contributed by atoms with Gasteiger partial charge in [-0.3, -0.25) is 9.69 Å². The Morgan fingerprint density at radius 3 is 2.88 bits per heavy atom. The van der Waals surface area contributed by atoms with Crippen LogP contribution in [-0.4, -0.2) is 31.2 Å². The fraction of sp³-hybridized carbons (Fsp3) is 0.316. The second kappa shape index (κ2) is 7.76. The van der Waals surface area contributed by atoms with Gasteiger partial charge in [0.15, 0.2) is 11.5 Å². The number of hydrogen-bond acceptors (Lipinski definition) is 4. The maximum atomic E-state index is 12.3. The van der Waals surface area contributed by atoms with Crippen LogP contribution in [0.5, 0.6) is 11.5 Å². The third-order valence-corrected chi connectivity index (χ3v) is 4.31. The van der Waals surface area contributed by atoms with E-state index in [0.29, 0.717) is 23.1 Å². The van der Waals surface area contributed by atoms with Gasteiger partial charge in [0.2, 0.25) is 12.7 Å². The topological polar surface area (TPSA) is 50.8 Å². The molecule has 1 aliphatic rings. The Kier molecular flexibility index (Phi) is 5.46. The van der Waals surface area contributed by atoms with Crippen LogP contribution >= 0.6 is 11.6 Å².